The molecule has 2 aromatic heterocycles. The first-order chi connectivity index (χ1) is 12.0. The van der Waals surface area contributed by atoms with Gasteiger partial charge in [-0.25, -0.2) is 4.98 Å². The van der Waals surface area contributed by atoms with Crippen LogP contribution in [0.15, 0.2) is 42.6 Å². The minimum absolute atomic E-state index is 0.0563. The van der Waals surface area contributed by atoms with Gasteiger partial charge in [0.2, 0.25) is 0 Å². The van der Waals surface area contributed by atoms with Crippen molar-refractivity contribution in [3.8, 4) is 0 Å². The molecule has 4 nitrogen and oxygen atoms in total. The summed E-state index contributed by atoms with van der Waals surface area (Å²) in [5, 5.41) is 3.29. The molecule has 0 bridgehead atoms. The average molecular weight is 331 g/mol. The number of hydrogen-bond acceptors (Lipinski definition) is 2. The quantitative estimate of drug-likeness (QED) is 0.734. The highest BCUT2D eigenvalue weighted by molar-refractivity contribution is 6.18. The van der Waals surface area contributed by atoms with Crippen molar-refractivity contribution in [2.24, 2.45) is 0 Å². The largest absolute Gasteiger partial charge is 0.350 e. The minimum atomic E-state index is -0.334. The minimum Gasteiger partial charge on any atom is -0.350 e. The molecule has 0 saturated carbocycles. The fraction of sp³-hybridized carbons (Fsp3) is 0.300. The van der Waals surface area contributed by atoms with Crippen molar-refractivity contribution < 1.29 is 4.79 Å². The number of carbonyl (C=O) groups excluding carboxylic acids is 1. The van der Waals surface area contributed by atoms with Crippen LogP contribution in [0, 0.1) is 13.8 Å². The monoisotopic (exact) mass is 331 g/mol. The van der Waals surface area contributed by atoms with Gasteiger partial charge in [-0.3, -0.25) is 4.79 Å². The van der Waals surface area contributed by atoms with Crippen LogP contribution in [-0.4, -0.2) is 23.1 Å². The zero-order valence-corrected chi connectivity index (χ0v) is 15.0. The molecule has 1 aliphatic rings. The normalized spacial score (nSPS) is 19.6. The molecule has 126 valence electrons. The molecule has 5 heteroatoms. The zero-order chi connectivity index (χ0) is 17.6. The summed E-state index contributed by atoms with van der Waals surface area (Å²) in [5.74, 6) is -0.0563. The molecular weight excluding hydrogens is 309 g/mol. The lowest BCUT2D eigenvalue weighted by Crippen LogP contribution is -2.48. The Morgan fingerprint density at radius 3 is 2.92 bits per heavy atom. The Labute approximate surface area is 148 Å². The number of nitrogens with zero attached hydrogens (tertiary/aromatic N) is 2. The summed E-state index contributed by atoms with van der Waals surface area (Å²) in [6.07, 6.45) is 5.04. The van der Waals surface area contributed by atoms with Crippen LogP contribution in [0.2, 0.25) is 0 Å². The van der Waals surface area contributed by atoms with Crippen molar-refractivity contribution in [1.29, 1.82) is 0 Å². The van der Waals surface area contributed by atoms with Crippen LogP contribution in [0.25, 0.3) is 5.65 Å². The highest BCUT2D eigenvalue weighted by Crippen LogP contribution is 2.33. The summed E-state index contributed by atoms with van der Waals surface area (Å²) < 4.78 is 1.97. The van der Waals surface area contributed by atoms with Crippen LogP contribution in [0.3, 0.4) is 0 Å². The summed E-state index contributed by atoms with van der Waals surface area (Å²) in [6, 6.07) is 12.3. The maximum Gasteiger partial charge on any atom is 0.255 e. The van der Waals surface area contributed by atoms with E-state index in [0.29, 0.717) is 5.56 Å². The van der Waals surface area contributed by atoms with Gasteiger partial charge in [-0.2, -0.15) is 0 Å². The van der Waals surface area contributed by atoms with E-state index in [-0.39, 0.29) is 11.3 Å². The molecule has 25 heavy (non-hydrogen) atoms. The molecule has 0 fully saturated rings. The second-order valence-electron chi connectivity index (χ2n) is 7.26. The molecule has 1 N–H and O–H groups in total. The van der Waals surface area contributed by atoms with Crippen LogP contribution in [0.1, 0.15) is 45.7 Å². The third kappa shape index (κ3) is 2.64. The van der Waals surface area contributed by atoms with E-state index >= 15 is 0 Å². The Kier molecular flexibility index (Phi) is 3.67. The molecule has 3 aromatic rings. The van der Waals surface area contributed by atoms with Crippen molar-refractivity contribution in [1.82, 2.24) is 14.7 Å². The molecule has 1 amide bonds. The molecule has 0 saturated heterocycles. The molecule has 1 atom stereocenters. The number of hydrogen-bond donors (Lipinski definition) is 1. The molecular formula is C20H22BN3O. The van der Waals surface area contributed by atoms with E-state index in [9.17, 15) is 4.79 Å². The molecule has 1 aliphatic carbocycles. The highest BCUT2D eigenvalue weighted by Gasteiger charge is 2.33. The number of aromatic nitrogens is 2. The van der Waals surface area contributed by atoms with E-state index < -0.39 is 0 Å². The molecule has 1 aromatic carbocycles. The lowest BCUT2D eigenvalue weighted by Gasteiger charge is -2.37. The second kappa shape index (κ2) is 5.76. The zero-order valence-electron chi connectivity index (χ0n) is 15.0. The maximum atomic E-state index is 13.1. The number of nitrogens with one attached hydrogen (secondary N) is 1. The van der Waals surface area contributed by atoms with Gasteiger partial charge in [0.1, 0.15) is 13.5 Å². The van der Waals surface area contributed by atoms with E-state index in [2.05, 4.69) is 42.4 Å². The lowest BCUT2D eigenvalue weighted by atomic mass is 9.64. The molecule has 2 heterocycles. The molecule has 1 unspecified atom stereocenters. The van der Waals surface area contributed by atoms with Gasteiger partial charge < -0.3 is 9.72 Å². The van der Waals surface area contributed by atoms with Gasteiger partial charge in [0.25, 0.3) is 5.91 Å². The highest BCUT2D eigenvalue weighted by atomic mass is 16.1. The maximum absolute atomic E-state index is 13.1. The molecule has 0 spiro atoms. The van der Waals surface area contributed by atoms with Crippen LogP contribution >= 0.6 is 0 Å². The number of amides is 1. The van der Waals surface area contributed by atoms with E-state index in [1.807, 2.05) is 36.6 Å². The summed E-state index contributed by atoms with van der Waals surface area (Å²) in [5.41, 5.74) is 5.60. The van der Waals surface area contributed by atoms with Gasteiger partial charge in [-0.1, -0.05) is 24.3 Å². The molecule has 0 aliphatic heterocycles. The smallest absolute Gasteiger partial charge is 0.255 e. The van der Waals surface area contributed by atoms with Gasteiger partial charge in [-0.05, 0) is 56.4 Å². The van der Waals surface area contributed by atoms with Gasteiger partial charge in [0, 0.05) is 23.0 Å². The van der Waals surface area contributed by atoms with E-state index in [1.165, 1.54) is 11.1 Å². The Bertz CT molecular complexity index is 978. The van der Waals surface area contributed by atoms with Crippen molar-refractivity contribution in [3.63, 3.8) is 0 Å². The number of rotatable bonds is 2. The van der Waals surface area contributed by atoms with Gasteiger partial charge in [0.05, 0.1) is 5.56 Å². The van der Waals surface area contributed by atoms with Crippen molar-refractivity contribution in [2.75, 3.05) is 0 Å². The SMILES string of the molecule is BC1(NC(=O)c2ccn3c(C)cc(C)nc23)CCCc2ccccc21. The Balaban J connectivity index is 1.72. The number of fused-ring (bicyclic) bond motifs is 2. The summed E-state index contributed by atoms with van der Waals surface area (Å²) >= 11 is 0. The summed E-state index contributed by atoms with van der Waals surface area (Å²) in [4.78, 5) is 17.6. The summed E-state index contributed by atoms with van der Waals surface area (Å²) in [7, 11) is 2.13. The number of carbonyl (C=O) groups is 1. The third-order valence-electron chi connectivity index (χ3n) is 5.31. The molecule has 4 rings (SSSR count). The predicted octanol–water partition coefficient (Wildman–Crippen LogP) is 2.50. The second-order valence-corrected chi connectivity index (χ2v) is 7.26. The van der Waals surface area contributed by atoms with Crippen molar-refractivity contribution >= 4 is 19.4 Å². The number of benzene rings is 1. The van der Waals surface area contributed by atoms with E-state index in [1.54, 1.807) is 0 Å². The van der Waals surface area contributed by atoms with Crippen molar-refractivity contribution in [2.45, 2.75) is 38.5 Å². The van der Waals surface area contributed by atoms with Gasteiger partial charge in [-0.15, -0.1) is 0 Å². The fourth-order valence-corrected chi connectivity index (χ4v) is 4.06. The fourth-order valence-electron chi connectivity index (χ4n) is 4.06. The average Bonchev–Trinajstić information content (AvgIpc) is 2.99. The molecule has 0 radical (unpaired) electrons. The van der Waals surface area contributed by atoms with Crippen molar-refractivity contribution in [3.05, 3.63) is 70.7 Å². The topological polar surface area (TPSA) is 46.4 Å². The Morgan fingerprint density at radius 2 is 2.08 bits per heavy atom. The predicted molar refractivity (Wildman–Crippen MR) is 102 cm³/mol. The van der Waals surface area contributed by atoms with E-state index in [4.69, 9.17) is 0 Å². The van der Waals surface area contributed by atoms with Crippen LogP contribution in [0.5, 0.6) is 0 Å². The van der Waals surface area contributed by atoms with Gasteiger partial charge >= 0.3 is 0 Å². The lowest BCUT2D eigenvalue weighted by molar-refractivity contribution is 0.0922. The van der Waals surface area contributed by atoms with Crippen LogP contribution in [-0.2, 0) is 11.9 Å². The van der Waals surface area contributed by atoms with E-state index in [0.717, 1.165) is 36.3 Å². The van der Waals surface area contributed by atoms with Gasteiger partial charge in [0.15, 0.2) is 0 Å². The first-order valence-electron chi connectivity index (χ1n) is 8.84. The Hall–Kier alpha value is -2.56. The standard InChI is InChI=1S/C20H22BN3O/c1-13-12-14(2)24-11-9-16(18(24)22-13)19(25)23-20(21)10-5-7-15-6-3-4-8-17(15)20/h3-4,6,8-9,11-12H,5,7,10,21H2,1-2H3,(H,23,25). The first-order valence-corrected chi connectivity index (χ1v) is 8.84. The Morgan fingerprint density at radius 1 is 1.28 bits per heavy atom. The van der Waals surface area contributed by atoms with Crippen LogP contribution < -0.4 is 5.32 Å². The van der Waals surface area contributed by atoms with Crippen LogP contribution in [0.4, 0.5) is 0 Å². The number of aryl methyl sites for hydroxylation is 3. The summed E-state index contributed by atoms with van der Waals surface area (Å²) in [6.45, 7) is 3.99. The third-order valence-corrected chi connectivity index (χ3v) is 5.31. The first kappa shape index (κ1) is 15.9.